The molecule has 1 fully saturated rings. The number of likely N-dealkylation sites (tertiary alicyclic amines) is 1. The maximum Gasteiger partial charge on any atom is 0.270 e. The molecule has 218 valence electrons. The van der Waals surface area contributed by atoms with Gasteiger partial charge in [-0.15, -0.1) is 0 Å². The summed E-state index contributed by atoms with van der Waals surface area (Å²) in [4.78, 5) is 28.3. The summed E-state index contributed by atoms with van der Waals surface area (Å²) < 4.78 is 7.43. The number of rotatable bonds is 10. The predicted molar refractivity (Wildman–Crippen MR) is 164 cm³/mol. The minimum absolute atomic E-state index is 0.0676. The molecule has 1 saturated heterocycles. The van der Waals surface area contributed by atoms with Gasteiger partial charge in [0.05, 0.1) is 12.3 Å². The third-order valence-electron chi connectivity index (χ3n) is 7.95. The van der Waals surface area contributed by atoms with Crippen LogP contribution in [0, 0.1) is 0 Å². The average Bonchev–Trinajstić information content (AvgIpc) is 3.36. The lowest BCUT2D eigenvalue weighted by Crippen LogP contribution is -2.61. The van der Waals surface area contributed by atoms with E-state index in [1.165, 1.54) is 0 Å². The van der Waals surface area contributed by atoms with Crippen LogP contribution in [0.3, 0.4) is 0 Å². The van der Waals surface area contributed by atoms with Crippen LogP contribution in [0.4, 0.5) is 0 Å². The molecule has 2 heterocycles. The number of piperidine rings is 1. The maximum atomic E-state index is 14.0. The molecule has 9 heteroatoms. The third kappa shape index (κ3) is 6.06. The Morgan fingerprint density at radius 1 is 0.976 bits per heavy atom. The minimum Gasteiger partial charge on any atom is -0.491 e. The van der Waals surface area contributed by atoms with Gasteiger partial charge in [-0.25, -0.2) is 0 Å². The van der Waals surface area contributed by atoms with E-state index in [1.807, 2.05) is 96.5 Å². The largest absolute Gasteiger partial charge is 0.491 e. The van der Waals surface area contributed by atoms with Gasteiger partial charge in [0.1, 0.15) is 23.6 Å². The van der Waals surface area contributed by atoms with Crippen molar-refractivity contribution in [2.24, 2.45) is 12.8 Å². The van der Waals surface area contributed by atoms with Crippen molar-refractivity contribution in [3.63, 3.8) is 0 Å². The van der Waals surface area contributed by atoms with E-state index in [-0.39, 0.29) is 19.1 Å². The fourth-order valence-electron chi connectivity index (χ4n) is 5.55. The van der Waals surface area contributed by atoms with E-state index in [4.69, 9.17) is 27.2 Å². The molecule has 42 heavy (non-hydrogen) atoms. The monoisotopic (exact) mass is 586 g/mol. The number of carbonyl (C=O) groups is 2. The van der Waals surface area contributed by atoms with Crippen molar-refractivity contribution in [3.05, 3.63) is 101 Å². The second kappa shape index (κ2) is 12.8. The normalized spacial score (nSPS) is 14.5. The first-order chi connectivity index (χ1) is 20.3. The summed E-state index contributed by atoms with van der Waals surface area (Å²) in [6.07, 6.45) is 0.843. The fourth-order valence-corrected chi connectivity index (χ4v) is 5.78. The Kier molecular flexibility index (Phi) is 8.97. The third-order valence-corrected chi connectivity index (χ3v) is 8.28. The van der Waals surface area contributed by atoms with Gasteiger partial charge in [-0.1, -0.05) is 60.1 Å². The lowest BCUT2D eigenvalue weighted by atomic mass is 9.86. The highest BCUT2D eigenvalue weighted by atomic mass is 35.5. The minimum atomic E-state index is -0.880. The number of amides is 2. The average molecular weight is 587 g/mol. The fraction of sp³-hybridized carbons (Fsp3) is 0.273. The molecule has 1 aromatic heterocycles. The summed E-state index contributed by atoms with van der Waals surface area (Å²) in [5.74, 6) is 0.116. The van der Waals surface area contributed by atoms with E-state index in [1.54, 1.807) is 4.90 Å². The molecule has 0 saturated carbocycles. The van der Waals surface area contributed by atoms with Crippen molar-refractivity contribution in [1.29, 1.82) is 0 Å². The number of carbonyl (C=O) groups excluding carboxylic acids is 2. The number of aliphatic hydroxyl groups excluding tert-OH is 1. The zero-order valence-corrected chi connectivity index (χ0v) is 24.3. The molecule has 0 atom stereocenters. The van der Waals surface area contributed by atoms with Crippen molar-refractivity contribution in [2.45, 2.75) is 24.9 Å². The quantitative estimate of drug-likeness (QED) is 0.251. The van der Waals surface area contributed by atoms with Gasteiger partial charge in [-0.3, -0.25) is 14.9 Å². The van der Waals surface area contributed by atoms with Crippen LogP contribution in [-0.2, 0) is 18.4 Å². The topological polar surface area (TPSA) is 110 Å². The number of benzene rings is 3. The Balaban J connectivity index is 1.42. The van der Waals surface area contributed by atoms with Crippen LogP contribution < -0.4 is 15.8 Å². The van der Waals surface area contributed by atoms with Crippen LogP contribution >= 0.6 is 11.6 Å². The summed E-state index contributed by atoms with van der Waals surface area (Å²) >= 11 is 6.63. The van der Waals surface area contributed by atoms with Crippen LogP contribution in [0.2, 0.25) is 5.02 Å². The standard InChI is InChI=1S/C33H35ClN4O4/c1-37-29(31(40)38-17-15-33(16-18-38,32(35)41)36-22-23-7-3-2-4-8-23)21-27(26-9-5-6-10-28(26)34)30(37)24-11-13-25(14-12-24)42-20-19-39/h2-14,21,36,39H,15-20,22H2,1H3,(H2,35,41). The van der Waals surface area contributed by atoms with Gasteiger partial charge >= 0.3 is 0 Å². The first-order valence-electron chi connectivity index (χ1n) is 14.0. The number of nitrogens with one attached hydrogen (secondary N) is 1. The Hall–Kier alpha value is -4.11. The second-order valence-electron chi connectivity index (χ2n) is 10.5. The number of aromatic nitrogens is 1. The second-order valence-corrected chi connectivity index (χ2v) is 10.9. The van der Waals surface area contributed by atoms with Gasteiger partial charge in [0.2, 0.25) is 5.91 Å². The lowest BCUT2D eigenvalue weighted by Gasteiger charge is -2.40. The molecular weight excluding hydrogens is 552 g/mol. The number of halogens is 1. The molecule has 3 aromatic carbocycles. The van der Waals surface area contributed by atoms with Gasteiger partial charge in [-0.2, -0.15) is 0 Å². The number of aliphatic hydroxyl groups is 1. The summed E-state index contributed by atoms with van der Waals surface area (Å²) in [6.45, 7) is 1.44. The van der Waals surface area contributed by atoms with Gasteiger partial charge in [0, 0.05) is 42.8 Å². The summed E-state index contributed by atoms with van der Waals surface area (Å²) in [5, 5.41) is 13.0. The van der Waals surface area contributed by atoms with Crippen LogP contribution in [0.15, 0.2) is 84.9 Å². The van der Waals surface area contributed by atoms with E-state index in [0.717, 1.165) is 27.9 Å². The smallest absolute Gasteiger partial charge is 0.270 e. The van der Waals surface area contributed by atoms with Gasteiger partial charge < -0.3 is 25.0 Å². The number of hydrogen-bond acceptors (Lipinski definition) is 5. The van der Waals surface area contributed by atoms with Gasteiger partial charge in [0.15, 0.2) is 0 Å². The molecule has 0 aliphatic carbocycles. The molecule has 8 nitrogen and oxygen atoms in total. The molecule has 0 radical (unpaired) electrons. The van der Waals surface area contributed by atoms with Crippen LogP contribution in [-0.4, -0.2) is 58.2 Å². The summed E-state index contributed by atoms with van der Waals surface area (Å²) in [5.41, 5.74) is 9.97. The zero-order chi connectivity index (χ0) is 29.7. The molecule has 5 rings (SSSR count). The predicted octanol–water partition coefficient (Wildman–Crippen LogP) is 4.63. The van der Waals surface area contributed by atoms with E-state index >= 15 is 0 Å². The molecule has 2 amide bonds. The van der Waals surface area contributed by atoms with E-state index in [9.17, 15) is 9.59 Å². The summed E-state index contributed by atoms with van der Waals surface area (Å²) in [7, 11) is 1.87. The van der Waals surface area contributed by atoms with E-state index in [0.29, 0.717) is 48.9 Å². The van der Waals surface area contributed by atoms with Crippen molar-refractivity contribution >= 4 is 23.4 Å². The number of primary amides is 1. The van der Waals surface area contributed by atoms with Gasteiger partial charge in [0.25, 0.3) is 5.91 Å². The molecule has 4 aromatic rings. The van der Waals surface area contributed by atoms with Crippen molar-refractivity contribution < 1.29 is 19.4 Å². The highest BCUT2D eigenvalue weighted by Gasteiger charge is 2.41. The summed E-state index contributed by atoms with van der Waals surface area (Å²) in [6, 6.07) is 26.9. The first-order valence-corrected chi connectivity index (χ1v) is 14.4. The highest BCUT2D eigenvalue weighted by Crippen LogP contribution is 2.39. The van der Waals surface area contributed by atoms with Crippen LogP contribution in [0.5, 0.6) is 5.75 Å². The zero-order valence-electron chi connectivity index (χ0n) is 23.6. The van der Waals surface area contributed by atoms with E-state index < -0.39 is 11.4 Å². The van der Waals surface area contributed by atoms with Crippen molar-refractivity contribution in [1.82, 2.24) is 14.8 Å². The Labute approximate surface area is 250 Å². The Bertz CT molecular complexity index is 1540. The Morgan fingerprint density at radius 2 is 1.64 bits per heavy atom. The SMILES string of the molecule is Cn1c(C(=O)N2CCC(NCc3ccccc3)(C(N)=O)CC2)cc(-c2ccccc2Cl)c1-c1ccc(OCCO)cc1. The van der Waals surface area contributed by atoms with Crippen molar-refractivity contribution in [3.8, 4) is 28.1 Å². The molecule has 0 spiro atoms. The Morgan fingerprint density at radius 3 is 2.29 bits per heavy atom. The van der Waals surface area contributed by atoms with Crippen LogP contribution in [0.25, 0.3) is 22.4 Å². The molecule has 1 aliphatic heterocycles. The molecule has 0 unspecified atom stereocenters. The van der Waals surface area contributed by atoms with Crippen LogP contribution in [0.1, 0.15) is 28.9 Å². The number of hydrogen-bond donors (Lipinski definition) is 3. The first kappa shape index (κ1) is 29.4. The van der Waals surface area contributed by atoms with E-state index in [2.05, 4.69) is 5.32 Å². The maximum absolute atomic E-state index is 14.0. The highest BCUT2D eigenvalue weighted by molar-refractivity contribution is 6.33. The number of nitrogens with zero attached hydrogens (tertiary/aromatic N) is 2. The number of ether oxygens (including phenoxy) is 1. The van der Waals surface area contributed by atoms with Gasteiger partial charge in [-0.05, 0) is 60.4 Å². The number of nitrogens with two attached hydrogens (primary N) is 1. The lowest BCUT2D eigenvalue weighted by molar-refractivity contribution is -0.126. The molecule has 4 N–H and O–H groups in total. The molecule has 1 aliphatic rings. The molecule has 0 bridgehead atoms. The van der Waals surface area contributed by atoms with Crippen molar-refractivity contribution in [2.75, 3.05) is 26.3 Å². The molecular formula is C33H35ClN4O4.